The Morgan fingerprint density at radius 2 is 2.17 bits per heavy atom. The maximum absolute atomic E-state index is 11.4. The lowest BCUT2D eigenvalue weighted by molar-refractivity contribution is 0.0705. The van der Waals surface area contributed by atoms with Crippen molar-refractivity contribution in [2.24, 2.45) is 0 Å². The number of hydrogen-bond donors (Lipinski definition) is 2. The zero-order valence-electron chi connectivity index (χ0n) is 10.7. The zero-order valence-corrected chi connectivity index (χ0v) is 10.7. The van der Waals surface area contributed by atoms with Gasteiger partial charge in [-0.15, -0.1) is 0 Å². The van der Waals surface area contributed by atoms with Gasteiger partial charge in [-0.1, -0.05) is 0 Å². The number of nitrogens with one attached hydrogen (secondary N) is 2. The minimum absolute atomic E-state index is 0.192. The van der Waals surface area contributed by atoms with E-state index in [1.54, 1.807) is 7.11 Å². The van der Waals surface area contributed by atoms with E-state index in [1.807, 2.05) is 0 Å². The molecule has 0 fully saturated rings. The molecule has 0 saturated carbocycles. The van der Waals surface area contributed by atoms with Crippen LogP contribution in [0, 0.1) is 0 Å². The molecule has 0 bridgehead atoms. The summed E-state index contributed by atoms with van der Waals surface area (Å²) in [5.74, 6) is 0.635. The van der Waals surface area contributed by atoms with Crippen LogP contribution in [-0.4, -0.2) is 50.6 Å². The number of hydrogen-bond acceptors (Lipinski definition) is 6. The van der Waals surface area contributed by atoms with Crippen molar-refractivity contribution in [1.82, 2.24) is 9.97 Å². The number of ether oxygens (including phenoxy) is 3. The Balaban J connectivity index is 2.27. The number of methoxy groups -OCH3 is 2. The molecule has 0 aromatic carbocycles. The summed E-state index contributed by atoms with van der Waals surface area (Å²) in [6.07, 6.45) is 2.14. The second-order valence-corrected chi connectivity index (χ2v) is 3.50. The summed E-state index contributed by atoms with van der Waals surface area (Å²) in [6, 6.07) is 0. The predicted molar refractivity (Wildman–Crippen MR) is 67.2 cm³/mol. The van der Waals surface area contributed by atoms with Crippen molar-refractivity contribution in [3.63, 3.8) is 0 Å². The second-order valence-electron chi connectivity index (χ2n) is 3.50. The lowest BCUT2D eigenvalue weighted by atomic mass is 10.4. The van der Waals surface area contributed by atoms with Gasteiger partial charge in [0.05, 0.1) is 26.7 Å². The molecule has 0 aliphatic carbocycles. The second kappa shape index (κ2) is 8.48. The maximum atomic E-state index is 11.4. The first-order valence-corrected chi connectivity index (χ1v) is 5.71. The Labute approximate surface area is 105 Å². The summed E-state index contributed by atoms with van der Waals surface area (Å²) in [4.78, 5) is 17.8. The van der Waals surface area contributed by atoms with Crippen LogP contribution in [0.5, 0.6) is 5.75 Å². The highest BCUT2D eigenvalue weighted by atomic mass is 16.5. The minimum Gasteiger partial charge on any atom is -0.489 e. The molecule has 0 aliphatic rings. The largest absolute Gasteiger partial charge is 0.489 e. The molecule has 0 saturated heterocycles. The van der Waals surface area contributed by atoms with Crippen LogP contribution >= 0.6 is 0 Å². The monoisotopic (exact) mass is 257 g/mol. The van der Waals surface area contributed by atoms with E-state index in [-0.39, 0.29) is 11.3 Å². The minimum atomic E-state index is -0.300. The number of nitrogens with zero attached hydrogens (tertiary/aromatic N) is 1. The molecule has 0 unspecified atom stereocenters. The summed E-state index contributed by atoms with van der Waals surface area (Å²) in [5, 5.41) is 3.03. The standard InChI is InChI=1S/C11H19N3O4/c1-16-6-7-18-5-3-4-12-10-9(17-2)11(15)14-8-13-10/h8H,3-7H2,1-2H3,(H2,12,13,14,15). The van der Waals surface area contributed by atoms with Gasteiger partial charge in [0, 0.05) is 20.3 Å². The maximum Gasteiger partial charge on any atom is 0.295 e. The molecule has 0 radical (unpaired) electrons. The lowest BCUT2D eigenvalue weighted by Gasteiger charge is -2.08. The average Bonchev–Trinajstić information content (AvgIpc) is 2.38. The fraction of sp³-hybridized carbons (Fsp3) is 0.636. The van der Waals surface area contributed by atoms with E-state index in [9.17, 15) is 4.79 Å². The van der Waals surface area contributed by atoms with Crippen molar-refractivity contribution in [1.29, 1.82) is 0 Å². The number of aromatic amines is 1. The topological polar surface area (TPSA) is 85.5 Å². The number of anilines is 1. The van der Waals surface area contributed by atoms with E-state index in [0.717, 1.165) is 6.42 Å². The van der Waals surface area contributed by atoms with Gasteiger partial charge in [0.1, 0.15) is 0 Å². The Kier molecular flexibility index (Phi) is 6.82. The molecular formula is C11H19N3O4. The number of rotatable bonds is 9. The zero-order chi connectivity index (χ0) is 13.2. The summed E-state index contributed by atoms with van der Waals surface area (Å²) in [5.41, 5.74) is -0.300. The molecule has 7 heteroatoms. The van der Waals surface area contributed by atoms with Gasteiger partial charge >= 0.3 is 0 Å². The first-order valence-electron chi connectivity index (χ1n) is 5.71. The van der Waals surface area contributed by atoms with Crippen LogP contribution in [0.25, 0.3) is 0 Å². The molecule has 0 atom stereocenters. The molecule has 102 valence electrons. The molecule has 1 rings (SSSR count). The molecule has 18 heavy (non-hydrogen) atoms. The Bertz CT molecular complexity index is 394. The Morgan fingerprint density at radius 1 is 1.33 bits per heavy atom. The van der Waals surface area contributed by atoms with Crippen molar-refractivity contribution >= 4 is 5.82 Å². The third-order valence-electron chi connectivity index (χ3n) is 2.20. The van der Waals surface area contributed by atoms with Crippen LogP contribution in [0.15, 0.2) is 11.1 Å². The molecule has 0 amide bonds. The van der Waals surface area contributed by atoms with Gasteiger partial charge < -0.3 is 24.5 Å². The van der Waals surface area contributed by atoms with E-state index in [0.29, 0.717) is 32.2 Å². The SMILES string of the molecule is COCCOCCCNc1nc[nH]c(=O)c1OC. The third-order valence-corrected chi connectivity index (χ3v) is 2.20. The van der Waals surface area contributed by atoms with E-state index in [1.165, 1.54) is 13.4 Å². The van der Waals surface area contributed by atoms with Gasteiger partial charge in [0.25, 0.3) is 5.56 Å². The van der Waals surface area contributed by atoms with Crippen LogP contribution in [0.1, 0.15) is 6.42 Å². The smallest absolute Gasteiger partial charge is 0.295 e. The number of aromatic nitrogens is 2. The average molecular weight is 257 g/mol. The van der Waals surface area contributed by atoms with Crippen LogP contribution in [-0.2, 0) is 9.47 Å². The molecule has 1 aromatic heterocycles. The van der Waals surface area contributed by atoms with E-state index in [2.05, 4.69) is 15.3 Å². The van der Waals surface area contributed by atoms with Crippen LogP contribution in [0.2, 0.25) is 0 Å². The Morgan fingerprint density at radius 3 is 2.89 bits per heavy atom. The third kappa shape index (κ3) is 4.72. The van der Waals surface area contributed by atoms with Gasteiger partial charge in [0.2, 0.25) is 5.75 Å². The van der Waals surface area contributed by atoms with Crippen LogP contribution in [0.4, 0.5) is 5.82 Å². The summed E-state index contributed by atoms with van der Waals surface area (Å²) >= 11 is 0. The quantitative estimate of drug-likeness (QED) is 0.616. The van der Waals surface area contributed by atoms with Crippen molar-refractivity contribution in [2.75, 3.05) is 45.9 Å². The van der Waals surface area contributed by atoms with Crippen molar-refractivity contribution < 1.29 is 14.2 Å². The Hall–Kier alpha value is -1.60. The van der Waals surface area contributed by atoms with Gasteiger partial charge in [0.15, 0.2) is 5.82 Å². The fourth-order valence-corrected chi connectivity index (χ4v) is 1.33. The van der Waals surface area contributed by atoms with E-state index >= 15 is 0 Å². The van der Waals surface area contributed by atoms with Gasteiger partial charge in [-0.2, -0.15) is 0 Å². The van der Waals surface area contributed by atoms with Gasteiger partial charge in [-0.25, -0.2) is 4.98 Å². The molecule has 0 spiro atoms. The van der Waals surface area contributed by atoms with Crippen molar-refractivity contribution in [3.05, 3.63) is 16.7 Å². The molecule has 7 nitrogen and oxygen atoms in total. The van der Waals surface area contributed by atoms with E-state index < -0.39 is 0 Å². The van der Waals surface area contributed by atoms with Crippen molar-refractivity contribution in [2.45, 2.75) is 6.42 Å². The molecule has 1 heterocycles. The van der Waals surface area contributed by atoms with Crippen LogP contribution in [0.3, 0.4) is 0 Å². The van der Waals surface area contributed by atoms with Gasteiger partial charge in [-0.3, -0.25) is 4.79 Å². The highest BCUT2D eigenvalue weighted by Crippen LogP contribution is 2.13. The normalized spacial score (nSPS) is 10.3. The van der Waals surface area contributed by atoms with Crippen molar-refractivity contribution in [3.8, 4) is 5.75 Å². The molecular weight excluding hydrogens is 238 g/mol. The summed E-state index contributed by atoms with van der Waals surface area (Å²) < 4.78 is 15.1. The lowest BCUT2D eigenvalue weighted by Crippen LogP contribution is -2.15. The highest BCUT2D eigenvalue weighted by molar-refractivity contribution is 5.47. The molecule has 1 aromatic rings. The van der Waals surface area contributed by atoms with E-state index in [4.69, 9.17) is 14.2 Å². The first kappa shape index (κ1) is 14.5. The first-order chi connectivity index (χ1) is 8.79. The van der Waals surface area contributed by atoms with Crippen LogP contribution < -0.4 is 15.6 Å². The highest BCUT2D eigenvalue weighted by Gasteiger charge is 2.07. The summed E-state index contributed by atoms with van der Waals surface area (Å²) in [7, 11) is 3.07. The summed E-state index contributed by atoms with van der Waals surface area (Å²) in [6.45, 7) is 2.46. The fourth-order valence-electron chi connectivity index (χ4n) is 1.33. The number of H-pyrrole nitrogens is 1. The molecule has 0 aliphatic heterocycles. The van der Waals surface area contributed by atoms with Gasteiger partial charge in [-0.05, 0) is 6.42 Å². The predicted octanol–water partition coefficient (Wildman–Crippen LogP) is 0.244. The molecule has 2 N–H and O–H groups in total.